The molecule has 1 unspecified atom stereocenters. The molecule has 1 aliphatic heterocycles. The molecule has 1 saturated carbocycles. The quantitative estimate of drug-likeness (QED) is 0.252. The second kappa shape index (κ2) is 15.6. The summed E-state index contributed by atoms with van der Waals surface area (Å²) < 4.78 is 0. The zero-order valence-corrected chi connectivity index (χ0v) is 22.1. The minimum atomic E-state index is 0.535. The van der Waals surface area contributed by atoms with Crippen LogP contribution in [0.5, 0.6) is 0 Å². The van der Waals surface area contributed by atoms with Gasteiger partial charge in [0.05, 0.1) is 0 Å². The maximum Gasteiger partial charge on any atom is 0.107 e. The number of piperazine rings is 1. The molecule has 1 aromatic rings. The minimum absolute atomic E-state index is 0.535. The first kappa shape index (κ1) is 27.3. The lowest BCUT2D eigenvalue weighted by Gasteiger charge is -2.27. The summed E-state index contributed by atoms with van der Waals surface area (Å²) in [4.78, 5) is 6.89. The maximum atomic E-state index is 7.27. The number of nitrogens with one attached hydrogen (secondary N) is 2. The van der Waals surface area contributed by atoms with Gasteiger partial charge in [0.15, 0.2) is 0 Å². The Morgan fingerprint density at radius 2 is 1.86 bits per heavy atom. The summed E-state index contributed by atoms with van der Waals surface area (Å²) in [6, 6.07) is 10.7. The molecule has 190 valence electrons. The smallest absolute Gasteiger partial charge is 0.107 e. The van der Waals surface area contributed by atoms with Crippen molar-refractivity contribution in [2.24, 2.45) is 4.99 Å². The van der Waals surface area contributed by atoms with Crippen LogP contribution >= 0.6 is 0 Å². The van der Waals surface area contributed by atoms with Crippen LogP contribution in [0, 0.1) is 5.41 Å². The first-order valence-corrected chi connectivity index (χ1v) is 13.8. The molecule has 3 aliphatic rings. The van der Waals surface area contributed by atoms with E-state index < -0.39 is 0 Å². The van der Waals surface area contributed by atoms with Gasteiger partial charge in [-0.3, -0.25) is 5.41 Å². The number of hydrogen-bond donors (Lipinski definition) is 2. The number of rotatable bonds is 7. The molecule has 0 spiro atoms. The molecule has 4 nitrogen and oxygen atoms in total. The highest BCUT2D eigenvalue weighted by molar-refractivity contribution is 6.04. The number of nitrogens with zero attached hydrogens (tertiary/aromatic N) is 2. The topological polar surface area (TPSA) is 51.5 Å². The molecule has 4 heteroatoms. The van der Waals surface area contributed by atoms with Gasteiger partial charge in [-0.1, -0.05) is 67.5 Å². The summed E-state index contributed by atoms with van der Waals surface area (Å²) in [5.41, 5.74) is 7.01. The molecule has 1 atom stereocenters. The standard InChI is InChI=1S/C17H30N4.C14H16/c1-15(6-5-11-21-12-9-19-10-13-21)16-7-3-2-4-8-17(16)20-14-18;1-12(13-8-4-2-5-9-13)14-10-6-3-7-11-14/h14,18-19H,2-13H2,1H3;2,4-6,8-12H,3,7H2,1H3/b16-15+,18-14?,20-17?;. The number of benzene rings is 1. The Bertz CT molecular complexity index is 888. The molecule has 0 radical (unpaired) electrons. The van der Waals surface area contributed by atoms with E-state index in [1.165, 1.54) is 98.9 Å². The van der Waals surface area contributed by atoms with Crippen LogP contribution in [0.2, 0.25) is 0 Å². The second-order valence-electron chi connectivity index (χ2n) is 10.0. The Balaban J connectivity index is 0.000000211. The van der Waals surface area contributed by atoms with E-state index in [4.69, 9.17) is 5.41 Å². The van der Waals surface area contributed by atoms with Crippen LogP contribution in [-0.2, 0) is 0 Å². The van der Waals surface area contributed by atoms with Gasteiger partial charge < -0.3 is 10.2 Å². The van der Waals surface area contributed by atoms with Crippen molar-refractivity contribution in [1.82, 2.24) is 10.2 Å². The molecule has 1 heterocycles. The molecule has 2 aliphatic carbocycles. The van der Waals surface area contributed by atoms with E-state index in [2.05, 4.69) is 77.6 Å². The second-order valence-corrected chi connectivity index (χ2v) is 10.0. The highest BCUT2D eigenvalue weighted by atomic mass is 15.2. The summed E-state index contributed by atoms with van der Waals surface area (Å²) in [5, 5.41) is 10.7. The summed E-state index contributed by atoms with van der Waals surface area (Å²) in [6.45, 7) is 10.4. The first-order chi connectivity index (χ1) is 17.2. The van der Waals surface area contributed by atoms with Gasteiger partial charge in [-0.25, -0.2) is 4.99 Å². The highest BCUT2D eigenvalue weighted by Gasteiger charge is 2.15. The van der Waals surface area contributed by atoms with Gasteiger partial charge in [0, 0.05) is 37.8 Å². The SMILES string of the molecule is C/C(CCCN1CCNCC1)=C1/CCCCCC1=NC=N.CC(C1=CCCC=C1)c1ccccc1. The Kier molecular flexibility index (Phi) is 12.2. The van der Waals surface area contributed by atoms with Gasteiger partial charge in [0.25, 0.3) is 0 Å². The van der Waals surface area contributed by atoms with Crippen molar-refractivity contribution in [3.63, 3.8) is 0 Å². The van der Waals surface area contributed by atoms with Crippen LogP contribution in [0.4, 0.5) is 0 Å². The zero-order chi connectivity index (χ0) is 24.7. The van der Waals surface area contributed by atoms with Crippen molar-refractivity contribution in [3.8, 4) is 0 Å². The van der Waals surface area contributed by atoms with Crippen molar-refractivity contribution in [2.45, 2.75) is 77.6 Å². The third-order valence-corrected chi connectivity index (χ3v) is 7.48. The normalized spacial score (nSPS) is 22.5. The molecule has 0 amide bonds. The third kappa shape index (κ3) is 9.35. The molecule has 0 aromatic heterocycles. The van der Waals surface area contributed by atoms with E-state index in [1.807, 2.05) is 0 Å². The monoisotopic (exact) mass is 474 g/mol. The lowest BCUT2D eigenvalue weighted by molar-refractivity contribution is 0.238. The number of aliphatic imine (C=N–C) groups is 1. The maximum absolute atomic E-state index is 7.27. The molecular weight excluding hydrogens is 428 g/mol. The van der Waals surface area contributed by atoms with E-state index in [1.54, 1.807) is 0 Å². The largest absolute Gasteiger partial charge is 0.314 e. The van der Waals surface area contributed by atoms with Crippen LogP contribution in [0.3, 0.4) is 0 Å². The predicted octanol–water partition coefficient (Wildman–Crippen LogP) is 7.07. The fourth-order valence-corrected chi connectivity index (χ4v) is 5.29. The number of hydrogen-bond acceptors (Lipinski definition) is 3. The summed E-state index contributed by atoms with van der Waals surface area (Å²) in [5.74, 6) is 0.535. The van der Waals surface area contributed by atoms with E-state index >= 15 is 0 Å². The van der Waals surface area contributed by atoms with Gasteiger partial charge in [-0.15, -0.1) is 0 Å². The van der Waals surface area contributed by atoms with Crippen LogP contribution in [-0.4, -0.2) is 49.7 Å². The molecule has 1 saturated heterocycles. The molecule has 0 bridgehead atoms. The Morgan fingerprint density at radius 1 is 1.09 bits per heavy atom. The lowest BCUT2D eigenvalue weighted by Crippen LogP contribution is -2.43. The molecule has 35 heavy (non-hydrogen) atoms. The summed E-state index contributed by atoms with van der Waals surface area (Å²) in [7, 11) is 0. The fraction of sp³-hybridized carbons (Fsp3) is 0.548. The molecular formula is C31H46N4. The first-order valence-electron chi connectivity index (χ1n) is 13.8. The van der Waals surface area contributed by atoms with Gasteiger partial charge in [-0.2, -0.15) is 0 Å². The Labute approximate surface area is 213 Å². The van der Waals surface area contributed by atoms with Gasteiger partial charge in [-0.05, 0) is 81.5 Å². The molecule has 2 fully saturated rings. The fourth-order valence-electron chi connectivity index (χ4n) is 5.29. The average Bonchev–Trinajstić information content (AvgIpc) is 3.16. The summed E-state index contributed by atoms with van der Waals surface area (Å²) in [6.07, 6.45) is 19.0. The van der Waals surface area contributed by atoms with Crippen LogP contribution < -0.4 is 5.32 Å². The average molecular weight is 475 g/mol. The lowest BCUT2D eigenvalue weighted by atomic mass is 9.90. The van der Waals surface area contributed by atoms with Crippen LogP contribution in [0.25, 0.3) is 0 Å². The third-order valence-electron chi connectivity index (χ3n) is 7.48. The molecule has 2 N–H and O–H groups in total. The van der Waals surface area contributed by atoms with Crippen molar-refractivity contribution in [2.75, 3.05) is 32.7 Å². The van der Waals surface area contributed by atoms with E-state index in [0.29, 0.717) is 5.92 Å². The van der Waals surface area contributed by atoms with Crippen molar-refractivity contribution in [3.05, 3.63) is 70.8 Å². The van der Waals surface area contributed by atoms with Crippen LogP contribution in [0.1, 0.15) is 83.1 Å². The molecule has 1 aromatic carbocycles. The zero-order valence-electron chi connectivity index (χ0n) is 22.1. The van der Waals surface area contributed by atoms with E-state index in [0.717, 1.165) is 25.9 Å². The van der Waals surface area contributed by atoms with Gasteiger partial charge in [0.2, 0.25) is 0 Å². The van der Waals surface area contributed by atoms with Crippen LogP contribution in [0.15, 0.2) is 70.3 Å². The Hall–Kier alpha value is -2.30. The van der Waals surface area contributed by atoms with Crippen molar-refractivity contribution < 1.29 is 0 Å². The minimum Gasteiger partial charge on any atom is -0.314 e. The van der Waals surface area contributed by atoms with Gasteiger partial charge >= 0.3 is 0 Å². The predicted molar refractivity (Wildman–Crippen MR) is 152 cm³/mol. The van der Waals surface area contributed by atoms with Crippen molar-refractivity contribution in [1.29, 1.82) is 5.41 Å². The Morgan fingerprint density at radius 3 is 2.57 bits per heavy atom. The van der Waals surface area contributed by atoms with Crippen molar-refractivity contribution >= 4 is 12.1 Å². The number of allylic oxidation sites excluding steroid dienone is 6. The van der Waals surface area contributed by atoms with E-state index in [-0.39, 0.29) is 0 Å². The highest BCUT2D eigenvalue weighted by Crippen LogP contribution is 2.27. The van der Waals surface area contributed by atoms with Gasteiger partial charge in [0.1, 0.15) is 6.34 Å². The summed E-state index contributed by atoms with van der Waals surface area (Å²) >= 11 is 0. The molecule has 4 rings (SSSR count). The van der Waals surface area contributed by atoms with E-state index in [9.17, 15) is 0 Å².